The quantitative estimate of drug-likeness (QED) is 0.748. The molecular weight excluding hydrogens is 275 g/mol. The lowest BCUT2D eigenvalue weighted by atomic mass is 10.1. The van der Waals surface area contributed by atoms with Crippen LogP contribution in [0.25, 0.3) is 0 Å². The first-order valence-electron chi connectivity index (χ1n) is 5.09. The lowest BCUT2D eigenvalue weighted by molar-refractivity contribution is 0.179. The maximum atomic E-state index is 13.1. The summed E-state index contributed by atoms with van der Waals surface area (Å²) in [5.74, 6) is -0.383. The van der Waals surface area contributed by atoms with E-state index in [1.165, 1.54) is 6.07 Å². The zero-order valence-corrected chi connectivity index (χ0v) is 10.9. The van der Waals surface area contributed by atoms with Crippen LogP contribution in [-0.2, 0) is 0 Å². The number of rotatable bonds is 4. The first-order valence-corrected chi connectivity index (χ1v) is 5.88. The van der Waals surface area contributed by atoms with Gasteiger partial charge in [-0.1, -0.05) is 0 Å². The molecule has 0 amide bonds. The van der Waals surface area contributed by atoms with Gasteiger partial charge in [-0.25, -0.2) is 4.39 Å². The van der Waals surface area contributed by atoms with Crippen molar-refractivity contribution < 1.29 is 9.50 Å². The van der Waals surface area contributed by atoms with Gasteiger partial charge in [0, 0.05) is 12.1 Å². The summed E-state index contributed by atoms with van der Waals surface area (Å²) in [4.78, 5) is 0. The normalized spacial score (nSPS) is 14.6. The summed E-state index contributed by atoms with van der Waals surface area (Å²) in [6.07, 6.45) is 0.224. The van der Waals surface area contributed by atoms with Crippen LogP contribution in [0.3, 0.4) is 0 Å². The van der Waals surface area contributed by atoms with E-state index in [1.807, 2.05) is 6.92 Å². The minimum absolute atomic E-state index is 0.0691. The van der Waals surface area contributed by atoms with Crippen molar-refractivity contribution in [2.75, 3.05) is 11.1 Å². The summed E-state index contributed by atoms with van der Waals surface area (Å²) < 4.78 is 13.5. The lowest BCUT2D eigenvalue weighted by Crippen LogP contribution is -2.21. The molecule has 5 heteroatoms. The first-order chi connectivity index (χ1) is 7.40. The second kappa shape index (κ2) is 5.50. The van der Waals surface area contributed by atoms with Gasteiger partial charge in [-0.2, -0.15) is 0 Å². The Morgan fingerprint density at radius 3 is 2.69 bits per heavy atom. The number of nitrogen functional groups attached to an aromatic ring is 1. The third-order valence-electron chi connectivity index (χ3n) is 2.19. The Morgan fingerprint density at radius 2 is 2.12 bits per heavy atom. The zero-order valence-electron chi connectivity index (χ0n) is 9.30. The van der Waals surface area contributed by atoms with Crippen LogP contribution >= 0.6 is 15.9 Å². The minimum atomic E-state index is -0.383. The molecule has 4 N–H and O–H groups in total. The van der Waals surface area contributed by atoms with Crippen LogP contribution < -0.4 is 11.1 Å². The van der Waals surface area contributed by atoms with Crippen molar-refractivity contribution in [1.29, 1.82) is 0 Å². The Balaban J connectivity index is 2.77. The topological polar surface area (TPSA) is 58.3 Å². The predicted molar refractivity (Wildman–Crippen MR) is 67.9 cm³/mol. The molecule has 0 aliphatic carbocycles. The number of hydrogen-bond donors (Lipinski definition) is 3. The Labute approximate surface area is 103 Å². The average Bonchev–Trinajstić information content (AvgIpc) is 2.12. The smallest absolute Gasteiger partial charge is 0.139 e. The fourth-order valence-corrected chi connectivity index (χ4v) is 1.87. The molecule has 0 aliphatic heterocycles. The van der Waals surface area contributed by atoms with Crippen LogP contribution in [-0.4, -0.2) is 17.3 Å². The molecule has 0 aliphatic rings. The maximum absolute atomic E-state index is 13.1. The van der Waals surface area contributed by atoms with Gasteiger partial charge < -0.3 is 16.2 Å². The minimum Gasteiger partial charge on any atom is -0.397 e. The van der Waals surface area contributed by atoms with Gasteiger partial charge in [0.25, 0.3) is 0 Å². The molecule has 16 heavy (non-hydrogen) atoms. The van der Waals surface area contributed by atoms with Gasteiger partial charge in [0.1, 0.15) is 5.82 Å². The van der Waals surface area contributed by atoms with Gasteiger partial charge in [0.15, 0.2) is 0 Å². The Kier molecular flexibility index (Phi) is 4.56. The second-order valence-corrected chi connectivity index (χ2v) is 4.84. The summed E-state index contributed by atoms with van der Waals surface area (Å²) >= 11 is 3.10. The van der Waals surface area contributed by atoms with Gasteiger partial charge in [0.2, 0.25) is 0 Å². The summed E-state index contributed by atoms with van der Waals surface area (Å²) in [7, 11) is 0. The second-order valence-electron chi connectivity index (χ2n) is 3.98. The number of aliphatic hydroxyl groups is 1. The highest BCUT2D eigenvalue weighted by molar-refractivity contribution is 9.10. The van der Waals surface area contributed by atoms with Gasteiger partial charge in [0.05, 0.1) is 22.0 Å². The highest BCUT2D eigenvalue weighted by atomic mass is 79.9. The molecule has 2 atom stereocenters. The molecule has 2 unspecified atom stereocenters. The van der Waals surface area contributed by atoms with Crippen LogP contribution in [0.5, 0.6) is 0 Å². The number of hydrogen-bond acceptors (Lipinski definition) is 3. The Hall–Kier alpha value is -0.810. The first kappa shape index (κ1) is 13.3. The van der Waals surface area contributed by atoms with Gasteiger partial charge >= 0.3 is 0 Å². The molecule has 1 aromatic rings. The highest BCUT2D eigenvalue weighted by Gasteiger charge is 2.10. The van der Waals surface area contributed by atoms with E-state index in [1.54, 1.807) is 13.0 Å². The number of benzene rings is 1. The van der Waals surface area contributed by atoms with Crippen LogP contribution in [0.15, 0.2) is 16.6 Å². The van der Waals surface area contributed by atoms with Gasteiger partial charge in [-0.05, 0) is 42.3 Å². The SMILES string of the molecule is CC(O)CC(C)Nc1cc(Br)c(F)cc1N. The third kappa shape index (κ3) is 3.64. The molecule has 0 aromatic heterocycles. The summed E-state index contributed by atoms with van der Waals surface area (Å²) in [5.41, 5.74) is 6.71. The highest BCUT2D eigenvalue weighted by Crippen LogP contribution is 2.27. The van der Waals surface area contributed by atoms with E-state index < -0.39 is 0 Å². The molecule has 3 nitrogen and oxygen atoms in total. The average molecular weight is 291 g/mol. The van der Waals surface area contributed by atoms with Crippen molar-refractivity contribution in [2.24, 2.45) is 0 Å². The fourth-order valence-electron chi connectivity index (χ4n) is 1.52. The van der Waals surface area contributed by atoms with Crippen LogP contribution in [0, 0.1) is 5.82 Å². The van der Waals surface area contributed by atoms with Crippen molar-refractivity contribution in [3.8, 4) is 0 Å². The van der Waals surface area contributed by atoms with Crippen LogP contribution in [0.2, 0.25) is 0 Å². The van der Waals surface area contributed by atoms with Crippen molar-refractivity contribution in [3.63, 3.8) is 0 Å². The number of halogens is 2. The number of anilines is 2. The Morgan fingerprint density at radius 1 is 1.50 bits per heavy atom. The largest absolute Gasteiger partial charge is 0.397 e. The van der Waals surface area contributed by atoms with E-state index in [-0.39, 0.29) is 18.0 Å². The molecule has 0 radical (unpaired) electrons. The van der Waals surface area contributed by atoms with E-state index in [9.17, 15) is 9.50 Å². The molecular formula is C11H16BrFN2O. The molecule has 0 heterocycles. The number of nitrogens with one attached hydrogen (secondary N) is 1. The molecule has 0 saturated carbocycles. The van der Waals surface area contributed by atoms with Crippen LogP contribution in [0.4, 0.5) is 15.8 Å². The summed E-state index contributed by atoms with van der Waals surface area (Å²) in [6.45, 7) is 3.66. The van der Waals surface area contributed by atoms with E-state index in [0.29, 0.717) is 22.3 Å². The summed E-state index contributed by atoms with van der Waals surface area (Å²) in [6, 6.07) is 2.93. The molecule has 0 spiro atoms. The predicted octanol–water partition coefficient (Wildman–Crippen LogP) is 2.74. The van der Waals surface area contributed by atoms with Crippen LogP contribution in [0.1, 0.15) is 20.3 Å². The molecule has 0 fully saturated rings. The van der Waals surface area contributed by atoms with Crippen molar-refractivity contribution in [3.05, 3.63) is 22.4 Å². The van der Waals surface area contributed by atoms with Gasteiger partial charge in [-0.3, -0.25) is 0 Å². The summed E-state index contributed by atoms with van der Waals surface area (Å²) in [5, 5.41) is 12.4. The molecule has 90 valence electrons. The van der Waals surface area contributed by atoms with Crippen molar-refractivity contribution in [1.82, 2.24) is 0 Å². The molecule has 0 bridgehead atoms. The molecule has 0 saturated heterocycles. The molecule has 1 rings (SSSR count). The monoisotopic (exact) mass is 290 g/mol. The van der Waals surface area contributed by atoms with E-state index in [0.717, 1.165) is 0 Å². The van der Waals surface area contributed by atoms with Crippen molar-refractivity contribution in [2.45, 2.75) is 32.4 Å². The van der Waals surface area contributed by atoms with Crippen molar-refractivity contribution >= 4 is 27.3 Å². The third-order valence-corrected chi connectivity index (χ3v) is 2.80. The van der Waals surface area contributed by atoms with E-state index in [2.05, 4.69) is 21.2 Å². The van der Waals surface area contributed by atoms with E-state index >= 15 is 0 Å². The molecule has 1 aromatic carbocycles. The maximum Gasteiger partial charge on any atom is 0.139 e. The van der Waals surface area contributed by atoms with E-state index in [4.69, 9.17) is 5.73 Å². The fraction of sp³-hybridized carbons (Fsp3) is 0.455. The standard InChI is InChI=1S/C11H16BrFN2O/c1-6(3-7(2)16)15-11-4-8(12)9(13)5-10(11)14/h4-7,15-16H,3,14H2,1-2H3. The Bertz CT molecular complexity index is 371. The number of nitrogens with two attached hydrogens (primary N) is 1. The zero-order chi connectivity index (χ0) is 12.3. The lowest BCUT2D eigenvalue weighted by Gasteiger charge is -2.18. The number of aliphatic hydroxyl groups excluding tert-OH is 1. The van der Waals surface area contributed by atoms with Gasteiger partial charge in [-0.15, -0.1) is 0 Å².